The van der Waals surface area contributed by atoms with Crippen molar-refractivity contribution in [3.05, 3.63) is 77.0 Å². The molecule has 0 aliphatic carbocycles. The lowest BCUT2D eigenvalue weighted by Gasteiger charge is -2.46. The maximum Gasteiger partial charge on any atom is 0.231 e. The predicted octanol–water partition coefficient (Wildman–Crippen LogP) is 5.02. The van der Waals surface area contributed by atoms with Gasteiger partial charge in [0, 0.05) is 48.6 Å². The summed E-state index contributed by atoms with van der Waals surface area (Å²) in [7, 11) is 3.31. The molecule has 2 atom stereocenters. The Bertz CT molecular complexity index is 1590. The van der Waals surface area contributed by atoms with Crippen LogP contribution in [-0.2, 0) is 13.0 Å². The Balaban J connectivity index is 1.36. The number of rotatable bonds is 4. The molecule has 3 aliphatic rings. The van der Waals surface area contributed by atoms with Crippen LogP contribution in [0, 0.1) is 0 Å². The van der Waals surface area contributed by atoms with Gasteiger partial charge in [-0.2, -0.15) is 0 Å². The highest BCUT2D eigenvalue weighted by atomic mass is 16.7. The maximum atomic E-state index is 13.9. The molecule has 1 N–H and O–H groups in total. The largest absolute Gasteiger partial charge is 0.508 e. The summed E-state index contributed by atoms with van der Waals surface area (Å²) in [5.41, 5.74) is 5.35. The highest BCUT2D eigenvalue weighted by Crippen LogP contribution is 2.53. The van der Waals surface area contributed by atoms with Crippen molar-refractivity contribution in [1.29, 1.82) is 0 Å². The van der Waals surface area contributed by atoms with Crippen LogP contribution in [0.2, 0.25) is 0 Å². The standard InChI is InChI=1S/C30H28N2O6/c1-35-25-6-4-20-22(14-28(34)32-10-8-18-11-19(33)3-5-24(18)32)29-21-13-27-26(37-16-38-27)12-17(21)7-9-31(29)15-23(20)30(25)36-2/h3-6,8,10-13,22,29,33H,7,9,14-16H2,1-2H3. The number of carbonyl (C=O) groups is 1. The van der Waals surface area contributed by atoms with E-state index >= 15 is 0 Å². The number of nitrogens with zero attached hydrogens (tertiary/aromatic N) is 2. The van der Waals surface area contributed by atoms with Crippen LogP contribution in [-0.4, -0.2) is 48.0 Å². The molecule has 0 saturated heterocycles. The molecule has 4 aromatic rings. The lowest BCUT2D eigenvalue weighted by molar-refractivity contribution is 0.0827. The molecule has 1 aromatic heterocycles. The second-order valence-corrected chi connectivity index (χ2v) is 10.1. The van der Waals surface area contributed by atoms with Gasteiger partial charge in [-0.3, -0.25) is 14.3 Å². The molecule has 0 bridgehead atoms. The number of phenolic OH excluding ortho intramolecular Hbond substituents is 1. The van der Waals surface area contributed by atoms with E-state index in [1.165, 1.54) is 11.1 Å². The molecule has 3 aromatic carbocycles. The van der Waals surface area contributed by atoms with E-state index in [1.54, 1.807) is 43.2 Å². The van der Waals surface area contributed by atoms with E-state index in [4.69, 9.17) is 18.9 Å². The Kier molecular flexibility index (Phi) is 5.26. The van der Waals surface area contributed by atoms with Gasteiger partial charge in [0.05, 0.1) is 19.7 Å². The molecule has 4 heterocycles. The molecular weight excluding hydrogens is 484 g/mol. The number of hydrogen-bond acceptors (Lipinski definition) is 7. The number of phenols is 1. The zero-order valence-electron chi connectivity index (χ0n) is 21.3. The van der Waals surface area contributed by atoms with E-state index < -0.39 is 0 Å². The van der Waals surface area contributed by atoms with Crippen LogP contribution in [0.4, 0.5) is 0 Å². The van der Waals surface area contributed by atoms with E-state index in [1.807, 2.05) is 12.1 Å². The number of methoxy groups -OCH3 is 2. The second kappa shape index (κ2) is 8.70. The predicted molar refractivity (Wildman–Crippen MR) is 141 cm³/mol. The van der Waals surface area contributed by atoms with Gasteiger partial charge >= 0.3 is 0 Å². The summed E-state index contributed by atoms with van der Waals surface area (Å²) in [5.74, 6) is 3.00. The summed E-state index contributed by atoms with van der Waals surface area (Å²) in [6.07, 6.45) is 2.97. The van der Waals surface area contributed by atoms with Gasteiger partial charge in [-0.25, -0.2) is 0 Å². The molecule has 7 rings (SSSR count). The van der Waals surface area contributed by atoms with Crippen molar-refractivity contribution >= 4 is 16.8 Å². The summed E-state index contributed by atoms with van der Waals surface area (Å²) in [6.45, 7) is 1.78. The van der Waals surface area contributed by atoms with Crippen molar-refractivity contribution in [2.24, 2.45) is 0 Å². The minimum absolute atomic E-state index is 0.00586. The van der Waals surface area contributed by atoms with Crippen LogP contribution < -0.4 is 18.9 Å². The second-order valence-electron chi connectivity index (χ2n) is 10.1. The number of aromatic hydroxyl groups is 1. The van der Waals surface area contributed by atoms with Crippen LogP contribution in [0.1, 0.15) is 45.4 Å². The smallest absolute Gasteiger partial charge is 0.231 e. The molecule has 0 radical (unpaired) electrons. The molecule has 2 unspecified atom stereocenters. The first-order chi connectivity index (χ1) is 18.6. The number of ether oxygens (including phenoxy) is 4. The Morgan fingerprint density at radius 1 is 1.03 bits per heavy atom. The summed E-state index contributed by atoms with van der Waals surface area (Å²) >= 11 is 0. The highest BCUT2D eigenvalue weighted by Gasteiger charge is 2.42. The van der Waals surface area contributed by atoms with Gasteiger partial charge < -0.3 is 24.1 Å². The summed E-state index contributed by atoms with van der Waals surface area (Å²) in [4.78, 5) is 16.4. The monoisotopic (exact) mass is 512 g/mol. The Labute approximate surface area is 219 Å². The van der Waals surface area contributed by atoms with Gasteiger partial charge in [-0.05, 0) is 65.6 Å². The fourth-order valence-electron chi connectivity index (χ4n) is 6.49. The van der Waals surface area contributed by atoms with Gasteiger partial charge in [0.2, 0.25) is 12.7 Å². The summed E-state index contributed by atoms with van der Waals surface area (Å²) in [6, 6.07) is 15.1. The Morgan fingerprint density at radius 3 is 2.68 bits per heavy atom. The van der Waals surface area contributed by atoms with Crippen LogP contribution in [0.25, 0.3) is 10.9 Å². The molecule has 0 fully saturated rings. The molecule has 0 saturated carbocycles. The third-order valence-electron chi connectivity index (χ3n) is 8.18. The van der Waals surface area contributed by atoms with Crippen LogP contribution in [0.15, 0.2) is 54.7 Å². The zero-order valence-corrected chi connectivity index (χ0v) is 21.3. The van der Waals surface area contributed by atoms with Gasteiger partial charge in [-0.1, -0.05) is 6.07 Å². The Hall–Kier alpha value is -4.17. The number of aromatic nitrogens is 1. The van der Waals surface area contributed by atoms with Gasteiger partial charge in [0.15, 0.2) is 23.0 Å². The van der Waals surface area contributed by atoms with E-state index in [0.29, 0.717) is 18.7 Å². The average molecular weight is 513 g/mol. The lowest BCUT2D eigenvalue weighted by Crippen LogP contribution is -2.42. The quantitative estimate of drug-likeness (QED) is 0.411. The number of hydrogen-bond donors (Lipinski definition) is 1. The minimum Gasteiger partial charge on any atom is -0.508 e. The normalized spacial score (nSPS) is 19.5. The molecule has 3 aliphatic heterocycles. The first-order valence-corrected chi connectivity index (χ1v) is 12.8. The summed E-state index contributed by atoms with van der Waals surface area (Å²) in [5, 5.41) is 10.7. The number of fused-ring (bicyclic) bond motifs is 6. The van der Waals surface area contributed by atoms with Crippen molar-refractivity contribution in [3.8, 4) is 28.7 Å². The van der Waals surface area contributed by atoms with E-state index in [-0.39, 0.29) is 30.4 Å². The van der Waals surface area contributed by atoms with E-state index in [0.717, 1.165) is 52.2 Å². The third kappa shape index (κ3) is 3.44. The first kappa shape index (κ1) is 23.0. The molecular formula is C30H28N2O6. The van der Waals surface area contributed by atoms with Crippen LogP contribution in [0.5, 0.6) is 28.7 Å². The van der Waals surface area contributed by atoms with E-state index in [2.05, 4.69) is 23.1 Å². The van der Waals surface area contributed by atoms with Crippen molar-refractivity contribution < 1.29 is 28.8 Å². The fraction of sp³-hybridized carbons (Fsp3) is 0.300. The SMILES string of the molecule is COc1ccc2c(c1OC)CN1CCc3cc4c(cc3C1C2CC(=O)n1ccc2cc(O)ccc21)OCO4. The fourth-order valence-corrected chi connectivity index (χ4v) is 6.49. The van der Waals surface area contributed by atoms with Crippen LogP contribution in [0.3, 0.4) is 0 Å². The third-order valence-corrected chi connectivity index (χ3v) is 8.18. The average Bonchev–Trinajstić information content (AvgIpc) is 3.57. The first-order valence-electron chi connectivity index (χ1n) is 12.8. The zero-order chi connectivity index (χ0) is 26.0. The van der Waals surface area contributed by atoms with Crippen molar-refractivity contribution in [1.82, 2.24) is 9.47 Å². The van der Waals surface area contributed by atoms with Crippen molar-refractivity contribution in [3.63, 3.8) is 0 Å². The van der Waals surface area contributed by atoms with Crippen molar-refractivity contribution in [2.75, 3.05) is 27.6 Å². The summed E-state index contributed by atoms with van der Waals surface area (Å²) < 4.78 is 24.5. The molecule has 194 valence electrons. The van der Waals surface area contributed by atoms with Crippen LogP contribution >= 0.6 is 0 Å². The van der Waals surface area contributed by atoms with E-state index in [9.17, 15) is 9.90 Å². The topological polar surface area (TPSA) is 82.4 Å². The number of carbonyl (C=O) groups excluding carboxylic acids is 1. The molecule has 38 heavy (non-hydrogen) atoms. The van der Waals surface area contributed by atoms with Gasteiger partial charge in [0.1, 0.15) is 5.75 Å². The number of benzene rings is 3. The minimum atomic E-state index is -0.125. The molecule has 8 nitrogen and oxygen atoms in total. The lowest BCUT2D eigenvalue weighted by atomic mass is 9.74. The molecule has 0 spiro atoms. The van der Waals surface area contributed by atoms with Gasteiger partial charge in [-0.15, -0.1) is 0 Å². The maximum absolute atomic E-state index is 13.9. The van der Waals surface area contributed by atoms with Crippen molar-refractivity contribution in [2.45, 2.75) is 31.3 Å². The van der Waals surface area contributed by atoms with Gasteiger partial charge in [0.25, 0.3) is 0 Å². The molecule has 8 heteroatoms. The highest BCUT2D eigenvalue weighted by molar-refractivity contribution is 5.93. The molecule has 0 amide bonds. The Morgan fingerprint density at radius 2 is 1.87 bits per heavy atom.